The van der Waals surface area contributed by atoms with E-state index in [-0.39, 0.29) is 11.6 Å². The summed E-state index contributed by atoms with van der Waals surface area (Å²) >= 11 is 0. The fourth-order valence-electron chi connectivity index (χ4n) is 1.52. The van der Waals surface area contributed by atoms with Gasteiger partial charge in [0.2, 0.25) is 0 Å². The van der Waals surface area contributed by atoms with Crippen molar-refractivity contribution in [3.8, 4) is 5.75 Å². The summed E-state index contributed by atoms with van der Waals surface area (Å²) < 4.78 is 6.00. The maximum atomic E-state index is 6.00. The van der Waals surface area contributed by atoms with E-state index in [9.17, 15) is 0 Å². The first-order chi connectivity index (χ1) is 8.28. The normalized spacial score (nSPS) is 13.7. The predicted molar refractivity (Wildman–Crippen MR) is 76.0 cm³/mol. The Hall–Kier alpha value is -1.09. The Labute approximate surface area is 111 Å². The third-order valence-electron chi connectivity index (χ3n) is 2.75. The largest absolute Gasteiger partial charge is 0.487 e. The van der Waals surface area contributed by atoms with Crippen molar-refractivity contribution in [2.24, 2.45) is 5.92 Å². The molecule has 0 aliphatic rings. The first-order valence-corrected chi connectivity index (χ1v) is 6.62. The molecule has 0 fully saturated rings. The standard InChI is InChI=1S/C15H26N2O/c1-11(2)14(10-17-15(4,5)6)18-13-8-7-12(3)16-9-13/h7-9,11,14,17H,10H2,1-6H3. The van der Waals surface area contributed by atoms with Crippen LogP contribution in [0.2, 0.25) is 0 Å². The van der Waals surface area contributed by atoms with E-state index < -0.39 is 0 Å². The number of pyridine rings is 1. The number of aromatic nitrogens is 1. The molecule has 18 heavy (non-hydrogen) atoms. The van der Waals surface area contributed by atoms with Crippen molar-refractivity contribution < 1.29 is 4.74 Å². The molecule has 1 heterocycles. The van der Waals surface area contributed by atoms with Crippen LogP contribution in [0.5, 0.6) is 5.75 Å². The summed E-state index contributed by atoms with van der Waals surface area (Å²) in [5, 5.41) is 3.49. The van der Waals surface area contributed by atoms with E-state index >= 15 is 0 Å². The van der Waals surface area contributed by atoms with E-state index in [1.807, 2.05) is 19.1 Å². The topological polar surface area (TPSA) is 34.1 Å². The molecule has 0 amide bonds. The van der Waals surface area contributed by atoms with Crippen LogP contribution in [0, 0.1) is 12.8 Å². The van der Waals surface area contributed by atoms with Crippen molar-refractivity contribution in [3.05, 3.63) is 24.0 Å². The molecule has 0 saturated carbocycles. The fraction of sp³-hybridized carbons (Fsp3) is 0.667. The quantitative estimate of drug-likeness (QED) is 0.871. The van der Waals surface area contributed by atoms with Gasteiger partial charge in [-0.15, -0.1) is 0 Å². The number of ether oxygens (including phenoxy) is 1. The van der Waals surface area contributed by atoms with E-state index in [4.69, 9.17) is 4.74 Å². The molecule has 0 aromatic carbocycles. The van der Waals surface area contributed by atoms with Crippen LogP contribution in [0.1, 0.15) is 40.3 Å². The van der Waals surface area contributed by atoms with Gasteiger partial charge in [0.1, 0.15) is 11.9 Å². The first-order valence-electron chi connectivity index (χ1n) is 6.62. The molecular weight excluding hydrogens is 224 g/mol. The van der Waals surface area contributed by atoms with Crippen molar-refractivity contribution in [2.75, 3.05) is 6.54 Å². The maximum absolute atomic E-state index is 6.00. The zero-order valence-corrected chi connectivity index (χ0v) is 12.4. The highest BCUT2D eigenvalue weighted by atomic mass is 16.5. The fourth-order valence-corrected chi connectivity index (χ4v) is 1.52. The molecule has 3 heteroatoms. The Morgan fingerprint density at radius 1 is 1.28 bits per heavy atom. The molecule has 102 valence electrons. The zero-order valence-electron chi connectivity index (χ0n) is 12.4. The van der Waals surface area contributed by atoms with Gasteiger partial charge in [-0.1, -0.05) is 13.8 Å². The number of hydrogen-bond donors (Lipinski definition) is 1. The molecule has 0 saturated heterocycles. The van der Waals surface area contributed by atoms with Gasteiger partial charge in [-0.2, -0.15) is 0 Å². The summed E-state index contributed by atoms with van der Waals surface area (Å²) in [5.41, 5.74) is 1.12. The van der Waals surface area contributed by atoms with Crippen LogP contribution < -0.4 is 10.1 Å². The van der Waals surface area contributed by atoms with Crippen molar-refractivity contribution in [2.45, 2.75) is 53.2 Å². The highest BCUT2D eigenvalue weighted by Crippen LogP contribution is 2.15. The smallest absolute Gasteiger partial charge is 0.138 e. The van der Waals surface area contributed by atoms with E-state index in [0.717, 1.165) is 18.0 Å². The van der Waals surface area contributed by atoms with Crippen molar-refractivity contribution in [3.63, 3.8) is 0 Å². The molecule has 1 aromatic rings. The number of rotatable bonds is 5. The van der Waals surface area contributed by atoms with E-state index in [0.29, 0.717) is 5.92 Å². The molecule has 1 unspecified atom stereocenters. The number of nitrogens with zero attached hydrogens (tertiary/aromatic N) is 1. The lowest BCUT2D eigenvalue weighted by molar-refractivity contribution is 0.139. The summed E-state index contributed by atoms with van der Waals surface area (Å²) in [4.78, 5) is 4.25. The number of aryl methyl sites for hydroxylation is 1. The van der Waals surface area contributed by atoms with E-state index in [2.05, 4.69) is 44.9 Å². The molecular formula is C15H26N2O. The van der Waals surface area contributed by atoms with Gasteiger partial charge < -0.3 is 10.1 Å². The molecule has 0 radical (unpaired) electrons. The second kappa shape index (κ2) is 6.19. The van der Waals surface area contributed by atoms with E-state index in [1.165, 1.54) is 0 Å². The summed E-state index contributed by atoms with van der Waals surface area (Å²) in [6.07, 6.45) is 1.95. The maximum Gasteiger partial charge on any atom is 0.138 e. The summed E-state index contributed by atoms with van der Waals surface area (Å²) in [5.74, 6) is 1.30. The van der Waals surface area contributed by atoms with Crippen LogP contribution in [0.4, 0.5) is 0 Å². The summed E-state index contributed by atoms with van der Waals surface area (Å²) in [6, 6.07) is 3.96. The molecule has 0 aliphatic carbocycles. The molecule has 1 aromatic heterocycles. The average Bonchev–Trinajstić information content (AvgIpc) is 2.25. The lowest BCUT2D eigenvalue weighted by Crippen LogP contribution is -2.44. The van der Waals surface area contributed by atoms with Gasteiger partial charge in [0.05, 0.1) is 6.20 Å². The van der Waals surface area contributed by atoms with Crippen LogP contribution in [0.15, 0.2) is 18.3 Å². The third kappa shape index (κ3) is 5.50. The number of nitrogens with one attached hydrogen (secondary N) is 1. The van der Waals surface area contributed by atoms with Crippen LogP contribution in [0.25, 0.3) is 0 Å². The monoisotopic (exact) mass is 250 g/mol. The lowest BCUT2D eigenvalue weighted by Gasteiger charge is -2.28. The lowest BCUT2D eigenvalue weighted by atomic mass is 10.0. The van der Waals surface area contributed by atoms with Crippen LogP contribution >= 0.6 is 0 Å². The van der Waals surface area contributed by atoms with Gasteiger partial charge in [0.25, 0.3) is 0 Å². The second-order valence-electron chi connectivity index (χ2n) is 6.17. The van der Waals surface area contributed by atoms with Gasteiger partial charge in [-0.05, 0) is 45.7 Å². The van der Waals surface area contributed by atoms with Gasteiger partial charge in [0.15, 0.2) is 0 Å². The molecule has 0 spiro atoms. The van der Waals surface area contributed by atoms with Gasteiger partial charge in [-0.25, -0.2) is 0 Å². The van der Waals surface area contributed by atoms with Gasteiger partial charge >= 0.3 is 0 Å². The summed E-state index contributed by atoms with van der Waals surface area (Å²) in [6.45, 7) is 13.7. The summed E-state index contributed by atoms with van der Waals surface area (Å²) in [7, 11) is 0. The van der Waals surface area contributed by atoms with Crippen molar-refractivity contribution in [1.82, 2.24) is 10.3 Å². The third-order valence-corrected chi connectivity index (χ3v) is 2.75. The molecule has 0 aliphatic heterocycles. The van der Waals surface area contributed by atoms with Gasteiger partial charge in [0, 0.05) is 17.8 Å². The molecule has 3 nitrogen and oxygen atoms in total. The van der Waals surface area contributed by atoms with Crippen LogP contribution in [-0.2, 0) is 0 Å². The van der Waals surface area contributed by atoms with Crippen molar-refractivity contribution in [1.29, 1.82) is 0 Å². The zero-order chi connectivity index (χ0) is 13.8. The minimum atomic E-state index is 0.113. The minimum Gasteiger partial charge on any atom is -0.487 e. The van der Waals surface area contributed by atoms with Crippen LogP contribution in [0.3, 0.4) is 0 Å². The Bertz CT molecular complexity index is 352. The predicted octanol–water partition coefficient (Wildman–Crippen LogP) is 3.18. The van der Waals surface area contributed by atoms with Gasteiger partial charge in [-0.3, -0.25) is 4.98 Å². The van der Waals surface area contributed by atoms with Crippen molar-refractivity contribution >= 4 is 0 Å². The average molecular weight is 250 g/mol. The van der Waals surface area contributed by atoms with E-state index in [1.54, 1.807) is 6.20 Å². The molecule has 1 rings (SSSR count). The first kappa shape index (κ1) is 15.0. The second-order valence-corrected chi connectivity index (χ2v) is 6.17. The molecule has 1 atom stereocenters. The Morgan fingerprint density at radius 2 is 1.94 bits per heavy atom. The Morgan fingerprint density at radius 3 is 2.39 bits per heavy atom. The number of hydrogen-bond acceptors (Lipinski definition) is 3. The highest BCUT2D eigenvalue weighted by molar-refractivity contribution is 5.19. The molecule has 1 N–H and O–H groups in total. The SMILES string of the molecule is Cc1ccc(OC(CNC(C)(C)C)C(C)C)cn1. The highest BCUT2D eigenvalue weighted by Gasteiger charge is 2.18. The Kier molecular flexibility index (Phi) is 5.15. The molecule has 0 bridgehead atoms. The Balaban J connectivity index is 2.60. The minimum absolute atomic E-state index is 0.113. The van der Waals surface area contributed by atoms with Crippen LogP contribution in [-0.4, -0.2) is 23.2 Å².